The van der Waals surface area contributed by atoms with E-state index >= 15 is 0 Å². The minimum absolute atomic E-state index is 0.00165. The molecule has 2 aliphatic rings. The Morgan fingerprint density at radius 2 is 1.74 bits per heavy atom. The molecular weight excluding hydrogens is 544 g/mol. The van der Waals surface area contributed by atoms with Crippen LogP contribution >= 0.6 is 0 Å². The summed E-state index contributed by atoms with van der Waals surface area (Å²) in [5, 5.41) is 15.1. The Bertz CT molecular complexity index is 1870. The van der Waals surface area contributed by atoms with E-state index in [-0.39, 0.29) is 29.7 Å². The highest BCUT2D eigenvalue weighted by Crippen LogP contribution is 2.54. The zero-order valence-corrected chi connectivity index (χ0v) is 24.7. The van der Waals surface area contributed by atoms with Gasteiger partial charge in [-0.25, -0.2) is 13.1 Å². The molecule has 1 N–H and O–H groups in total. The van der Waals surface area contributed by atoms with E-state index in [1.165, 1.54) is 0 Å². The monoisotopic (exact) mass is 576 g/mol. The molecular formula is C34H32N4O3S. The fraction of sp³-hybridized carbons (Fsp3) is 0.265. The van der Waals surface area contributed by atoms with Gasteiger partial charge in [0.2, 0.25) is 10.0 Å². The van der Waals surface area contributed by atoms with Gasteiger partial charge in [-0.05, 0) is 53.2 Å². The quantitative estimate of drug-likeness (QED) is 0.335. The summed E-state index contributed by atoms with van der Waals surface area (Å²) in [5.41, 5.74) is 7.67. The topological polar surface area (TPSA) is 105 Å². The molecule has 4 aromatic rings. The number of aromatic nitrogens is 2. The van der Waals surface area contributed by atoms with E-state index in [9.17, 15) is 18.5 Å². The van der Waals surface area contributed by atoms with Crippen molar-refractivity contribution in [2.45, 2.75) is 31.7 Å². The number of fused-ring (bicyclic) bond motifs is 3. The van der Waals surface area contributed by atoms with Crippen LogP contribution in [0.25, 0.3) is 22.4 Å². The van der Waals surface area contributed by atoms with Crippen LogP contribution in [0.4, 0.5) is 0 Å². The number of aryl methyl sites for hydroxylation is 1. The lowest BCUT2D eigenvalue weighted by atomic mass is 9.54. The normalized spacial score (nSPS) is 21.7. The van der Waals surface area contributed by atoms with Crippen LogP contribution < -0.4 is 4.72 Å². The Kier molecular flexibility index (Phi) is 6.96. The molecule has 8 heteroatoms. The first-order valence-electron chi connectivity index (χ1n) is 14.1. The van der Waals surface area contributed by atoms with E-state index in [0.29, 0.717) is 0 Å². The second-order valence-electron chi connectivity index (χ2n) is 11.4. The van der Waals surface area contributed by atoms with E-state index in [1.807, 2.05) is 73.3 Å². The second kappa shape index (κ2) is 10.5. The number of ketones is 1. The Balaban J connectivity index is 1.45. The lowest BCUT2D eigenvalue weighted by molar-refractivity contribution is -0.121. The molecule has 0 amide bonds. The molecule has 0 radical (unpaired) electrons. The van der Waals surface area contributed by atoms with Crippen LogP contribution in [-0.2, 0) is 40.2 Å². The van der Waals surface area contributed by atoms with Gasteiger partial charge in [-0.2, -0.15) is 10.4 Å². The number of benzene rings is 3. The highest BCUT2D eigenvalue weighted by atomic mass is 32.2. The fourth-order valence-electron chi connectivity index (χ4n) is 6.86. The van der Waals surface area contributed by atoms with E-state index < -0.39 is 15.4 Å². The van der Waals surface area contributed by atoms with Crippen molar-refractivity contribution in [1.29, 1.82) is 5.26 Å². The number of nitrogens with one attached hydrogen (secondary N) is 1. The maximum absolute atomic E-state index is 13.1. The molecule has 0 saturated carbocycles. The van der Waals surface area contributed by atoms with Crippen molar-refractivity contribution in [3.63, 3.8) is 0 Å². The van der Waals surface area contributed by atoms with Gasteiger partial charge in [-0.15, -0.1) is 0 Å². The van der Waals surface area contributed by atoms with Crippen molar-refractivity contribution in [2.24, 2.45) is 18.9 Å². The van der Waals surface area contributed by atoms with Crippen LogP contribution in [0.15, 0.2) is 90.5 Å². The lowest BCUT2D eigenvalue weighted by Gasteiger charge is -2.47. The van der Waals surface area contributed by atoms with Gasteiger partial charge in [0.15, 0.2) is 5.78 Å². The molecule has 1 heterocycles. The van der Waals surface area contributed by atoms with Crippen molar-refractivity contribution in [3.05, 3.63) is 113 Å². The third kappa shape index (κ3) is 4.69. The van der Waals surface area contributed by atoms with Gasteiger partial charge < -0.3 is 0 Å². The Hall–Kier alpha value is -4.32. The SMILES string of the molecule is C[C@@H]1C(=O)C(C#N)=C[C@]2(c3ccccc3)c3nn(C)c(-c4cccc(-c5ccc(CNS(C)(=O)=O)cc5)c4)c3CC[C@@H]12. The molecule has 0 bridgehead atoms. The molecule has 1 aromatic heterocycles. The highest BCUT2D eigenvalue weighted by Gasteiger charge is 2.54. The van der Waals surface area contributed by atoms with Crippen molar-refractivity contribution >= 4 is 15.8 Å². The predicted octanol–water partition coefficient (Wildman–Crippen LogP) is 5.32. The number of allylic oxidation sites excluding steroid dienone is 2. The van der Waals surface area contributed by atoms with Gasteiger partial charge >= 0.3 is 0 Å². The summed E-state index contributed by atoms with van der Waals surface area (Å²) in [6, 6.07) is 28.6. The Morgan fingerprint density at radius 3 is 2.43 bits per heavy atom. The minimum atomic E-state index is -3.26. The van der Waals surface area contributed by atoms with Crippen molar-refractivity contribution in [3.8, 4) is 28.5 Å². The number of rotatable bonds is 6. The van der Waals surface area contributed by atoms with Crippen LogP contribution in [0.5, 0.6) is 0 Å². The number of nitrogens with zero attached hydrogens (tertiary/aromatic N) is 3. The molecule has 0 unspecified atom stereocenters. The van der Waals surface area contributed by atoms with E-state index in [0.717, 1.165) is 63.9 Å². The number of Topliss-reactive ketones (excluding diaryl/α,β-unsaturated/α-hetero) is 1. The number of carbonyl (C=O) groups excluding carboxylic acids is 1. The van der Waals surface area contributed by atoms with E-state index in [4.69, 9.17) is 5.10 Å². The van der Waals surface area contributed by atoms with Gasteiger partial charge in [0.1, 0.15) is 6.07 Å². The molecule has 3 aromatic carbocycles. The van der Waals surface area contributed by atoms with Crippen LogP contribution in [0.2, 0.25) is 0 Å². The zero-order valence-electron chi connectivity index (χ0n) is 23.8. The number of sulfonamides is 1. The van der Waals surface area contributed by atoms with Gasteiger partial charge in [-0.1, -0.05) is 79.7 Å². The summed E-state index contributed by atoms with van der Waals surface area (Å²) >= 11 is 0. The van der Waals surface area contributed by atoms with Gasteiger partial charge in [0.05, 0.1) is 28.6 Å². The maximum atomic E-state index is 13.1. The number of hydrogen-bond acceptors (Lipinski definition) is 5. The van der Waals surface area contributed by atoms with Gasteiger partial charge in [0, 0.05) is 30.6 Å². The third-order valence-electron chi connectivity index (χ3n) is 8.82. The standard InChI is InChI=1S/C34H32N4O3S/c1-22-30-17-16-29-31(26-9-7-8-25(18-26)24-14-12-23(13-15-24)21-36-42(3,40)41)38(2)37-33(29)34(30,19-27(20-35)32(22)39)28-10-5-4-6-11-28/h4-15,18-19,22,30,36H,16-17,21H2,1-3H3/t22-,30-,34+/m0/s1. The molecule has 7 nitrogen and oxygen atoms in total. The van der Waals surface area contributed by atoms with Crippen molar-refractivity contribution < 1.29 is 13.2 Å². The average Bonchev–Trinajstić information content (AvgIpc) is 3.34. The summed E-state index contributed by atoms with van der Waals surface area (Å²) < 4.78 is 27.4. The summed E-state index contributed by atoms with van der Waals surface area (Å²) in [6.07, 6.45) is 4.64. The predicted molar refractivity (Wildman–Crippen MR) is 163 cm³/mol. The van der Waals surface area contributed by atoms with Crippen molar-refractivity contribution in [2.75, 3.05) is 6.26 Å². The van der Waals surface area contributed by atoms with Crippen LogP contribution in [0.1, 0.15) is 35.7 Å². The lowest BCUT2D eigenvalue weighted by Crippen LogP contribution is -2.48. The molecule has 0 fully saturated rings. The zero-order chi connectivity index (χ0) is 29.6. The summed E-state index contributed by atoms with van der Waals surface area (Å²) in [7, 11) is -1.30. The molecule has 42 heavy (non-hydrogen) atoms. The van der Waals surface area contributed by atoms with Gasteiger partial charge in [-0.3, -0.25) is 9.48 Å². The number of nitriles is 1. The van der Waals surface area contributed by atoms with Gasteiger partial charge in [0.25, 0.3) is 0 Å². The minimum Gasteiger partial charge on any atom is -0.293 e. The largest absolute Gasteiger partial charge is 0.293 e. The molecule has 0 spiro atoms. The molecule has 0 saturated heterocycles. The first-order chi connectivity index (χ1) is 20.1. The molecule has 2 aliphatic carbocycles. The molecule has 0 aliphatic heterocycles. The molecule has 6 rings (SSSR count). The van der Waals surface area contributed by atoms with E-state index in [1.54, 1.807) is 0 Å². The second-order valence-corrected chi connectivity index (χ2v) is 13.2. The fourth-order valence-corrected chi connectivity index (χ4v) is 7.29. The van der Waals surface area contributed by atoms with Crippen molar-refractivity contribution in [1.82, 2.24) is 14.5 Å². The third-order valence-corrected chi connectivity index (χ3v) is 9.48. The molecule has 212 valence electrons. The van der Waals surface area contributed by atoms with Crippen LogP contribution in [0, 0.1) is 23.2 Å². The maximum Gasteiger partial charge on any atom is 0.209 e. The Labute approximate surface area is 246 Å². The highest BCUT2D eigenvalue weighted by molar-refractivity contribution is 7.88. The number of carbonyl (C=O) groups is 1. The first-order valence-corrected chi connectivity index (χ1v) is 15.9. The summed E-state index contributed by atoms with van der Waals surface area (Å²) in [6.45, 7) is 2.20. The number of hydrogen-bond donors (Lipinski definition) is 1. The molecule has 3 atom stereocenters. The first kappa shape index (κ1) is 27.8. The average molecular weight is 577 g/mol. The Morgan fingerprint density at radius 1 is 1.02 bits per heavy atom. The van der Waals surface area contributed by atoms with Crippen LogP contribution in [-0.4, -0.2) is 30.2 Å². The summed E-state index contributed by atoms with van der Waals surface area (Å²) in [4.78, 5) is 13.1. The van der Waals surface area contributed by atoms with E-state index in [2.05, 4.69) is 41.1 Å². The smallest absolute Gasteiger partial charge is 0.209 e. The summed E-state index contributed by atoms with van der Waals surface area (Å²) in [5.74, 6) is -0.372. The van der Waals surface area contributed by atoms with Crippen LogP contribution in [0.3, 0.4) is 0 Å².